The molecule has 0 aromatic rings. The summed E-state index contributed by atoms with van der Waals surface area (Å²) in [6.07, 6.45) is 9.57. The fraction of sp³-hybridized carbons (Fsp3) is 0.938. The van der Waals surface area contributed by atoms with Crippen LogP contribution in [0.3, 0.4) is 0 Å². The first kappa shape index (κ1) is 16.2. The van der Waals surface area contributed by atoms with Crippen molar-refractivity contribution in [3.63, 3.8) is 0 Å². The standard InChI is InChI=1S/C16H30N2OS/c1-5-6-8-13-15(19)18(14(17-13)12(2)3)11-16(20-4)9-7-10-16/h12-14,17H,5-11H2,1-4H3. The van der Waals surface area contributed by atoms with Crippen molar-refractivity contribution >= 4 is 17.7 Å². The maximum absolute atomic E-state index is 12.7. The van der Waals surface area contributed by atoms with Gasteiger partial charge >= 0.3 is 0 Å². The minimum Gasteiger partial charge on any atom is -0.324 e. The van der Waals surface area contributed by atoms with E-state index < -0.39 is 0 Å². The number of nitrogens with one attached hydrogen (secondary N) is 1. The molecule has 1 saturated carbocycles. The van der Waals surface area contributed by atoms with Gasteiger partial charge in [-0.15, -0.1) is 0 Å². The fourth-order valence-electron chi connectivity index (χ4n) is 3.36. The highest BCUT2D eigenvalue weighted by molar-refractivity contribution is 8.00. The van der Waals surface area contributed by atoms with Gasteiger partial charge in [0.2, 0.25) is 5.91 Å². The normalized spacial score (nSPS) is 29.1. The zero-order valence-corrected chi connectivity index (χ0v) is 14.3. The third-order valence-corrected chi connectivity index (χ3v) is 6.33. The Morgan fingerprint density at radius 2 is 2.15 bits per heavy atom. The van der Waals surface area contributed by atoms with Crippen LogP contribution < -0.4 is 5.32 Å². The van der Waals surface area contributed by atoms with Crippen molar-refractivity contribution in [2.45, 2.75) is 76.3 Å². The molecule has 1 N–H and O–H groups in total. The van der Waals surface area contributed by atoms with Gasteiger partial charge in [-0.05, 0) is 31.4 Å². The van der Waals surface area contributed by atoms with Gasteiger partial charge in [0.05, 0.1) is 12.2 Å². The highest BCUT2D eigenvalue weighted by Gasteiger charge is 2.46. The summed E-state index contributed by atoms with van der Waals surface area (Å²) in [7, 11) is 0. The van der Waals surface area contributed by atoms with E-state index in [0.29, 0.717) is 16.6 Å². The summed E-state index contributed by atoms with van der Waals surface area (Å²) in [6, 6.07) is 0.0568. The van der Waals surface area contributed by atoms with E-state index in [1.54, 1.807) is 0 Å². The summed E-state index contributed by atoms with van der Waals surface area (Å²) in [5.41, 5.74) is 0. The molecule has 1 amide bonds. The molecule has 1 aliphatic heterocycles. The van der Waals surface area contributed by atoms with Crippen LogP contribution in [0.2, 0.25) is 0 Å². The Morgan fingerprint density at radius 3 is 2.60 bits per heavy atom. The lowest BCUT2D eigenvalue weighted by molar-refractivity contribution is -0.131. The number of amides is 1. The number of thioether (sulfide) groups is 1. The molecule has 2 fully saturated rings. The minimum atomic E-state index is 0.0568. The predicted molar refractivity (Wildman–Crippen MR) is 86.9 cm³/mol. The molecule has 0 aromatic carbocycles. The van der Waals surface area contributed by atoms with Crippen LogP contribution in [0.15, 0.2) is 0 Å². The molecule has 0 spiro atoms. The summed E-state index contributed by atoms with van der Waals surface area (Å²) >= 11 is 1.96. The van der Waals surface area contributed by atoms with Gasteiger partial charge in [-0.3, -0.25) is 10.1 Å². The quantitative estimate of drug-likeness (QED) is 0.783. The van der Waals surface area contributed by atoms with Crippen LogP contribution in [0, 0.1) is 5.92 Å². The highest BCUT2D eigenvalue weighted by atomic mass is 32.2. The average Bonchev–Trinajstić information content (AvgIpc) is 2.68. The van der Waals surface area contributed by atoms with E-state index in [1.165, 1.54) is 19.3 Å². The average molecular weight is 298 g/mol. The fourth-order valence-corrected chi connectivity index (χ4v) is 4.32. The number of rotatable bonds is 7. The van der Waals surface area contributed by atoms with Crippen LogP contribution >= 0.6 is 11.8 Å². The SMILES string of the molecule is CCCCC1NC(C(C)C)N(CC2(SC)CCC2)C1=O. The van der Waals surface area contributed by atoms with Crippen molar-refractivity contribution in [3.8, 4) is 0 Å². The Kier molecular flexibility index (Phi) is 5.41. The van der Waals surface area contributed by atoms with Gasteiger partial charge < -0.3 is 4.90 Å². The molecule has 1 heterocycles. The topological polar surface area (TPSA) is 32.3 Å². The van der Waals surface area contributed by atoms with Crippen molar-refractivity contribution < 1.29 is 4.79 Å². The molecule has 2 aliphatic rings. The highest BCUT2D eigenvalue weighted by Crippen LogP contribution is 2.44. The third-order valence-electron chi connectivity index (χ3n) is 4.92. The van der Waals surface area contributed by atoms with Crippen molar-refractivity contribution in [2.75, 3.05) is 12.8 Å². The van der Waals surface area contributed by atoms with Crippen LogP contribution in [0.5, 0.6) is 0 Å². The maximum atomic E-state index is 12.7. The first-order valence-electron chi connectivity index (χ1n) is 8.14. The molecule has 2 rings (SSSR count). The molecule has 0 bridgehead atoms. The van der Waals surface area contributed by atoms with Crippen molar-refractivity contribution in [1.29, 1.82) is 0 Å². The molecule has 116 valence electrons. The second-order valence-corrected chi connectivity index (χ2v) is 8.03. The number of carbonyl (C=O) groups is 1. The summed E-state index contributed by atoms with van der Waals surface area (Å²) in [6.45, 7) is 7.55. The number of hydrogen-bond acceptors (Lipinski definition) is 3. The summed E-state index contributed by atoms with van der Waals surface area (Å²) in [5.74, 6) is 0.821. The van der Waals surface area contributed by atoms with E-state index >= 15 is 0 Å². The smallest absolute Gasteiger partial charge is 0.241 e. The Morgan fingerprint density at radius 1 is 1.45 bits per heavy atom. The third kappa shape index (κ3) is 3.16. The Labute approximate surface area is 128 Å². The number of nitrogens with zero attached hydrogens (tertiary/aromatic N) is 1. The first-order chi connectivity index (χ1) is 9.53. The molecule has 2 atom stereocenters. The van der Waals surface area contributed by atoms with Crippen molar-refractivity contribution in [1.82, 2.24) is 10.2 Å². The monoisotopic (exact) mass is 298 g/mol. The Balaban J connectivity index is 2.05. The minimum absolute atomic E-state index is 0.0568. The first-order valence-corrected chi connectivity index (χ1v) is 9.37. The van der Waals surface area contributed by atoms with Crippen LogP contribution in [0.1, 0.15) is 59.3 Å². The number of hydrogen-bond donors (Lipinski definition) is 1. The molecule has 1 aliphatic carbocycles. The van der Waals surface area contributed by atoms with E-state index in [2.05, 4.69) is 37.2 Å². The van der Waals surface area contributed by atoms with E-state index in [0.717, 1.165) is 25.8 Å². The van der Waals surface area contributed by atoms with E-state index in [9.17, 15) is 4.79 Å². The molecular formula is C16H30N2OS. The summed E-state index contributed by atoms with van der Waals surface area (Å²) in [5, 5.41) is 3.59. The zero-order chi connectivity index (χ0) is 14.8. The maximum Gasteiger partial charge on any atom is 0.241 e. The van der Waals surface area contributed by atoms with E-state index in [4.69, 9.17) is 0 Å². The van der Waals surface area contributed by atoms with Gasteiger partial charge in [-0.1, -0.05) is 40.0 Å². The lowest BCUT2D eigenvalue weighted by Gasteiger charge is -2.44. The molecular weight excluding hydrogens is 268 g/mol. The van der Waals surface area contributed by atoms with E-state index in [-0.39, 0.29) is 12.2 Å². The summed E-state index contributed by atoms with van der Waals surface area (Å²) < 4.78 is 0.337. The van der Waals surface area contributed by atoms with Gasteiger partial charge in [0, 0.05) is 11.3 Å². The van der Waals surface area contributed by atoms with Gasteiger partial charge in [-0.2, -0.15) is 11.8 Å². The van der Waals surface area contributed by atoms with Crippen LogP contribution in [-0.4, -0.2) is 40.6 Å². The Hall–Kier alpha value is -0.220. The molecule has 0 aromatic heterocycles. The second kappa shape index (κ2) is 6.69. The number of carbonyl (C=O) groups excluding carboxylic acids is 1. The van der Waals surface area contributed by atoms with Gasteiger partial charge in [0.15, 0.2) is 0 Å². The van der Waals surface area contributed by atoms with E-state index in [1.807, 2.05) is 11.8 Å². The van der Waals surface area contributed by atoms with Gasteiger partial charge in [0.1, 0.15) is 0 Å². The molecule has 0 radical (unpaired) electrons. The molecule has 1 saturated heterocycles. The van der Waals surface area contributed by atoms with Crippen LogP contribution in [0.4, 0.5) is 0 Å². The van der Waals surface area contributed by atoms with Gasteiger partial charge in [0.25, 0.3) is 0 Å². The van der Waals surface area contributed by atoms with Crippen molar-refractivity contribution in [2.24, 2.45) is 5.92 Å². The lowest BCUT2D eigenvalue weighted by Crippen LogP contribution is -2.51. The van der Waals surface area contributed by atoms with Crippen LogP contribution in [-0.2, 0) is 4.79 Å². The molecule has 2 unspecified atom stereocenters. The molecule has 20 heavy (non-hydrogen) atoms. The van der Waals surface area contributed by atoms with Gasteiger partial charge in [-0.25, -0.2) is 0 Å². The zero-order valence-electron chi connectivity index (χ0n) is 13.4. The predicted octanol–water partition coefficient (Wildman–Crippen LogP) is 3.24. The molecule has 3 nitrogen and oxygen atoms in total. The Bertz CT molecular complexity index is 336. The largest absolute Gasteiger partial charge is 0.324 e. The number of unbranched alkanes of at least 4 members (excludes halogenated alkanes) is 1. The van der Waals surface area contributed by atoms with Crippen LogP contribution in [0.25, 0.3) is 0 Å². The summed E-state index contributed by atoms with van der Waals surface area (Å²) in [4.78, 5) is 14.9. The second-order valence-electron chi connectivity index (χ2n) is 6.76. The lowest BCUT2D eigenvalue weighted by atomic mass is 9.83. The molecule has 4 heteroatoms. The van der Waals surface area contributed by atoms with Crippen molar-refractivity contribution in [3.05, 3.63) is 0 Å².